The van der Waals surface area contributed by atoms with Crippen molar-refractivity contribution in [2.75, 3.05) is 11.9 Å². The van der Waals surface area contributed by atoms with Crippen LogP contribution in [-0.4, -0.2) is 62.3 Å². The van der Waals surface area contributed by atoms with Crippen LogP contribution in [0, 0.1) is 0 Å². The molecule has 12 heteroatoms. The molecule has 0 spiro atoms. The van der Waals surface area contributed by atoms with Gasteiger partial charge in [-0.3, -0.25) is 19.0 Å². The minimum Gasteiger partial charge on any atom is -0.463 e. The normalized spacial score (nSPS) is 18.8. The van der Waals surface area contributed by atoms with Gasteiger partial charge in [-0.2, -0.15) is 0 Å². The van der Waals surface area contributed by atoms with E-state index in [2.05, 4.69) is 51.7 Å². The van der Waals surface area contributed by atoms with Gasteiger partial charge in [0, 0.05) is 19.3 Å². The van der Waals surface area contributed by atoms with Gasteiger partial charge < -0.3 is 24.3 Å². The van der Waals surface area contributed by atoms with E-state index in [-0.39, 0.29) is 25.9 Å². The molecule has 5 aromatic rings. The highest BCUT2D eigenvalue weighted by molar-refractivity contribution is 5.84. The van der Waals surface area contributed by atoms with Crippen molar-refractivity contribution in [2.24, 2.45) is 0 Å². The topological polar surface area (TPSA) is 144 Å². The smallest absolute Gasteiger partial charge is 0.306 e. The number of anilines is 1. The number of nitrogens with zero attached hydrogens (tertiary/aromatic N) is 4. The SMILES string of the molecule is CCC(=O)OC[C@H]1O[C@@H](n2cnc3c(NC(c4ccccc4)(c4ccccc4)c4ccccc4)ncnc32)[C@H](OC(=O)CC)[C@@H]1OC(=O)CC. The number of nitrogens with one attached hydrogen (secondary N) is 1. The van der Waals surface area contributed by atoms with Crippen LogP contribution in [0.15, 0.2) is 104 Å². The maximum absolute atomic E-state index is 12.7. The van der Waals surface area contributed by atoms with Gasteiger partial charge in [0.15, 0.2) is 35.4 Å². The Labute approximate surface area is 289 Å². The fourth-order valence-electron chi connectivity index (χ4n) is 6.17. The van der Waals surface area contributed by atoms with Crippen LogP contribution in [0.5, 0.6) is 0 Å². The standard InChI is InChI=1S/C38H39N5O7/c1-4-29(44)47-22-28-33(49-30(45)5-2)34(50-31(46)6-3)37(48-28)43-24-41-32-35(39-23-40-36(32)43)42-38(25-16-10-7-11-17-25,26-18-12-8-13-19-26)27-20-14-9-15-21-27/h7-21,23-24,28,33-34,37H,4-6,22H2,1-3H3,(H,39,40,42)/t28-,33-,34-,37-/m1/s1. The number of imidazole rings is 1. The molecule has 12 nitrogen and oxygen atoms in total. The predicted molar refractivity (Wildman–Crippen MR) is 184 cm³/mol. The van der Waals surface area contributed by atoms with Crippen LogP contribution in [0.1, 0.15) is 63.0 Å². The predicted octanol–water partition coefficient (Wildman–Crippen LogP) is 5.72. The van der Waals surface area contributed by atoms with Gasteiger partial charge in [-0.05, 0) is 16.7 Å². The number of esters is 3. The Morgan fingerprint density at radius 3 is 1.76 bits per heavy atom. The Balaban J connectivity index is 1.46. The van der Waals surface area contributed by atoms with Crippen LogP contribution in [0.3, 0.4) is 0 Å². The summed E-state index contributed by atoms with van der Waals surface area (Å²) in [5.74, 6) is -1.05. The second kappa shape index (κ2) is 15.3. The van der Waals surface area contributed by atoms with E-state index >= 15 is 0 Å². The summed E-state index contributed by atoms with van der Waals surface area (Å²) >= 11 is 0. The van der Waals surface area contributed by atoms with Crippen LogP contribution < -0.4 is 5.32 Å². The van der Waals surface area contributed by atoms with Gasteiger partial charge in [0.2, 0.25) is 0 Å². The number of carbonyl (C=O) groups is 3. The van der Waals surface area contributed by atoms with E-state index in [9.17, 15) is 14.4 Å². The van der Waals surface area contributed by atoms with Gasteiger partial charge in [0.05, 0.1) is 6.33 Å². The quantitative estimate of drug-likeness (QED) is 0.0928. The van der Waals surface area contributed by atoms with Gasteiger partial charge in [-0.1, -0.05) is 112 Å². The maximum atomic E-state index is 12.7. The van der Waals surface area contributed by atoms with Crippen molar-refractivity contribution >= 4 is 34.9 Å². The molecular formula is C38H39N5O7. The second-order valence-corrected chi connectivity index (χ2v) is 11.7. The zero-order valence-corrected chi connectivity index (χ0v) is 28.1. The number of aromatic nitrogens is 4. The van der Waals surface area contributed by atoms with E-state index in [4.69, 9.17) is 23.9 Å². The largest absolute Gasteiger partial charge is 0.463 e. The van der Waals surface area contributed by atoms with Crippen LogP contribution in [0.25, 0.3) is 11.2 Å². The maximum Gasteiger partial charge on any atom is 0.306 e. The van der Waals surface area contributed by atoms with Crippen molar-refractivity contribution in [1.29, 1.82) is 0 Å². The van der Waals surface area contributed by atoms with Crippen molar-refractivity contribution in [3.63, 3.8) is 0 Å². The van der Waals surface area contributed by atoms with Gasteiger partial charge in [0.1, 0.15) is 24.6 Å². The summed E-state index contributed by atoms with van der Waals surface area (Å²) in [6.07, 6.45) is -0.856. The Morgan fingerprint density at radius 2 is 1.24 bits per heavy atom. The summed E-state index contributed by atoms with van der Waals surface area (Å²) in [7, 11) is 0. The molecule has 258 valence electrons. The fraction of sp³-hybridized carbons (Fsp3) is 0.316. The summed E-state index contributed by atoms with van der Waals surface area (Å²) in [4.78, 5) is 51.4. The molecule has 50 heavy (non-hydrogen) atoms. The lowest BCUT2D eigenvalue weighted by Crippen LogP contribution is -2.41. The first-order valence-corrected chi connectivity index (χ1v) is 16.7. The van der Waals surface area contributed by atoms with E-state index in [1.807, 2.05) is 54.6 Å². The summed E-state index contributed by atoms with van der Waals surface area (Å²) in [5.41, 5.74) is 2.82. The van der Waals surface area contributed by atoms with Crippen molar-refractivity contribution in [3.05, 3.63) is 120 Å². The molecule has 2 aromatic heterocycles. The molecule has 6 rings (SSSR count). The molecule has 0 bridgehead atoms. The molecule has 1 aliphatic heterocycles. The lowest BCUT2D eigenvalue weighted by molar-refractivity contribution is -0.169. The molecule has 1 aliphatic rings. The van der Waals surface area contributed by atoms with E-state index in [1.165, 1.54) is 12.7 Å². The van der Waals surface area contributed by atoms with Crippen molar-refractivity contribution < 1.29 is 33.3 Å². The molecule has 4 atom stereocenters. The van der Waals surface area contributed by atoms with Gasteiger partial charge in [-0.25, -0.2) is 15.0 Å². The van der Waals surface area contributed by atoms with Crippen molar-refractivity contribution in [3.8, 4) is 0 Å². The van der Waals surface area contributed by atoms with Crippen LogP contribution in [-0.2, 0) is 38.9 Å². The average Bonchev–Trinajstić information content (AvgIpc) is 3.75. The third-order valence-corrected chi connectivity index (χ3v) is 8.65. The Kier molecular flexibility index (Phi) is 10.5. The second-order valence-electron chi connectivity index (χ2n) is 11.7. The van der Waals surface area contributed by atoms with Crippen LogP contribution >= 0.6 is 0 Å². The zero-order chi connectivity index (χ0) is 35.1. The zero-order valence-electron chi connectivity index (χ0n) is 28.1. The Morgan fingerprint density at radius 1 is 0.720 bits per heavy atom. The highest BCUT2D eigenvalue weighted by Gasteiger charge is 2.51. The summed E-state index contributed by atoms with van der Waals surface area (Å²) < 4.78 is 25.0. The third kappa shape index (κ3) is 6.79. The summed E-state index contributed by atoms with van der Waals surface area (Å²) in [5, 5.41) is 3.75. The van der Waals surface area contributed by atoms with Crippen molar-refractivity contribution in [1.82, 2.24) is 19.5 Å². The monoisotopic (exact) mass is 677 g/mol. The summed E-state index contributed by atoms with van der Waals surface area (Å²) in [6.45, 7) is 4.78. The number of ether oxygens (including phenoxy) is 4. The highest BCUT2D eigenvalue weighted by atomic mass is 16.7. The van der Waals surface area contributed by atoms with Crippen LogP contribution in [0.4, 0.5) is 5.82 Å². The molecule has 0 radical (unpaired) electrons. The lowest BCUT2D eigenvalue weighted by Gasteiger charge is -2.37. The Bertz CT molecular complexity index is 1820. The van der Waals surface area contributed by atoms with E-state index in [0.29, 0.717) is 17.0 Å². The summed E-state index contributed by atoms with van der Waals surface area (Å²) in [6, 6.07) is 30.2. The minimum atomic E-state index is -1.09. The molecule has 0 amide bonds. The van der Waals surface area contributed by atoms with Gasteiger partial charge in [-0.15, -0.1) is 0 Å². The number of hydrogen-bond acceptors (Lipinski definition) is 11. The van der Waals surface area contributed by atoms with E-state index in [1.54, 1.807) is 25.3 Å². The molecule has 1 N–H and O–H groups in total. The first kappa shape index (κ1) is 34.3. The van der Waals surface area contributed by atoms with E-state index in [0.717, 1.165) is 16.7 Å². The molecule has 0 unspecified atom stereocenters. The first-order chi connectivity index (χ1) is 24.4. The molecular weight excluding hydrogens is 638 g/mol. The molecule has 1 fully saturated rings. The lowest BCUT2D eigenvalue weighted by atomic mass is 9.77. The van der Waals surface area contributed by atoms with Gasteiger partial charge >= 0.3 is 17.9 Å². The van der Waals surface area contributed by atoms with Crippen LogP contribution in [0.2, 0.25) is 0 Å². The fourth-order valence-corrected chi connectivity index (χ4v) is 6.17. The first-order valence-electron chi connectivity index (χ1n) is 16.7. The Hall–Kier alpha value is -5.62. The molecule has 1 saturated heterocycles. The molecule has 0 aliphatic carbocycles. The molecule has 3 heterocycles. The highest BCUT2D eigenvalue weighted by Crippen LogP contribution is 2.41. The number of fused-ring (bicyclic) bond motifs is 1. The minimum absolute atomic E-state index is 0.0780. The number of rotatable bonds is 13. The number of carbonyl (C=O) groups excluding carboxylic acids is 3. The number of hydrogen-bond donors (Lipinski definition) is 1. The molecule has 3 aromatic carbocycles. The van der Waals surface area contributed by atoms with Crippen molar-refractivity contribution in [2.45, 2.75) is 70.1 Å². The van der Waals surface area contributed by atoms with Gasteiger partial charge in [0.25, 0.3) is 0 Å². The van der Waals surface area contributed by atoms with E-state index < -0.39 is 48.0 Å². The third-order valence-electron chi connectivity index (χ3n) is 8.65. The average molecular weight is 678 g/mol. The molecule has 0 saturated carbocycles. The number of benzene rings is 3.